The van der Waals surface area contributed by atoms with Gasteiger partial charge in [-0.3, -0.25) is 0 Å². The molecule has 0 bridgehead atoms. The second-order valence-corrected chi connectivity index (χ2v) is 16.5. The first-order valence-corrected chi connectivity index (χ1v) is 21.4. The van der Waals surface area contributed by atoms with Crippen LogP contribution in [0.2, 0.25) is 0 Å². The molecule has 3 heterocycles. The minimum Gasteiger partial charge on any atom is -0.456 e. The summed E-state index contributed by atoms with van der Waals surface area (Å²) >= 11 is 0. The number of hydrogen-bond donors (Lipinski definition) is 0. The highest BCUT2D eigenvalue weighted by atomic mass is 16.3. The summed E-state index contributed by atoms with van der Waals surface area (Å²) in [6, 6.07) is 70.5. The van der Waals surface area contributed by atoms with Crippen molar-refractivity contribution >= 4 is 43.9 Å². The van der Waals surface area contributed by atoms with Gasteiger partial charge < -0.3 is 8.83 Å². The van der Waals surface area contributed by atoms with Gasteiger partial charge in [0.05, 0.1) is 5.41 Å². The van der Waals surface area contributed by atoms with Crippen LogP contribution in [0, 0.1) is 0 Å². The van der Waals surface area contributed by atoms with Gasteiger partial charge in [0.2, 0.25) is 0 Å². The van der Waals surface area contributed by atoms with E-state index in [0.717, 1.165) is 77.3 Å². The number of aromatic nitrogens is 3. The fourth-order valence-electron chi connectivity index (χ4n) is 10.9. The third-order valence-electron chi connectivity index (χ3n) is 13.4. The third-order valence-corrected chi connectivity index (χ3v) is 13.4. The molecule has 2 aliphatic rings. The second kappa shape index (κ2) is 12.8. The SMILES string of the molecule is c1ccc(-c2nc(-c3cccc4c3-c3ccccc3C43c4ccccc4-c4ccccc43)nc(-c3cccc4oc5cccc(-c6cccc7oc8ccccc8c67)c5c34)n2)cc1. The van der Waals surface area contributed by atoms with Crippen LogP contribution in [-0.4, -0.2) is 15.0 Å². The molecule has 9 aromatic carbocycles. The van der Waals surface area contributed by atoms with E-state index in [4.69, 9.17) is 23.8 Å². The van der Waals surface area contributed by atoms with Crippen molar-refractivity contribution in [3.8, 4) is 67.5 Å². The number of para-hydroxylation sites is 1. The van der Waals surface area contributed by atoms with Crippen LogP contribution in [0.4, 0.5) is 0 Å². The Bertz CT molecular complexity index is 3830. The highest BCUT2D eigenvalue weighted by Gasteiger charge is 2.52. The van der Waals surface area contributed by atoms with Crippen molar-refractivity contribution < 1.29 is 8.83 Å². The summed E-state index contributed by atoms with van der Waals surface area (Å²) in [6.07, 6.45) is 0. The zero-order valence-corrected chi connectivity index (χ0v) is 33.7. The molecule has 3 aromatic heterocycles. The molecule has 0 N–H and O–H groups in total. The lowest BCUT2D eigenvalue weighted by Crippen LogP contribution is -2.25. The molecule has 2 aliphatic carbocycles. The van der Waals surface area contributed by atoms with E-state index in [1.54, 1.807) is 0 Å². The van der Waals surface area contributed by atoms with Crippen LogP contribution in [0.25, 0.3) is 111 Å². The molecule has 0 saturated carbocycles. The Kier molecular flexibility index (Phi) is 6.97. The van der Waals surface area contributed by atoms with Crippen molar-refractivity contribution in [2.45, 2.75) is 5.41 Å². The van der Waals surface area contributed by atoms with Crippen LogP contribution in [0.1, 0.15) is 22.3 Å². The van der Waals surface area contributed by atoms with Crippen LogP contribution in [0.15, 0.2) is 209 Å². The molecule has 292 valence electrons. The Morgan fingerprint density at radius 1 is 0.286 bits per heavy atom. The molecule has 5 heteroatoms. The topological polar surface area (TPSA) is 65.0 Å². The van der Waals surface area contributed by atoms with E-state index < -0.39 is 5.41 Å². The Labute approximate surface area is 361 Å². The van der Waals surface area contributed by atoms with Crippen LogP contribution < -0.4 is 0 Å². The maximum atomic E-state index is 6.70. The average Bonchev–Trinajstić information content (AvgIpc) is 4.09. The maximum absolute atomic E-state index is 6.70. The van der Waals surface area contributed by atoms with Gasteiger partial charge in [-0.05, 0) is 79.9 Å². The minimum absolute atomic E-state index is 0.492. The molecule has 0 fully saturated rings. The smallest absolute Gasteiger partial charge is 0.164 e. The summed E-state index contributed by atoms with van der Waals surface area (Å²) in [5.74, 6) is 1.79. The zero-order valence-electron chi connectivity index (χ0n) is 33.7. The first-order valence-electron chi connectivity index (χ1n) is 21.4. The van der Waals surface area contributed by atoms with Gasteiger partial charge in [-0.25, -0.2) is 15.0 Å². The fourth-order valence-corrected chi connectivity index (χ4v) is 10.9. The van der Waals surface area contributed by atoms with Crippen molar-refractivity contribution in [2.75, 3.05) is 0 Å². The molecule has 0 unspecified atom stereocenters. The van der Waals surface area contributed by atoms with Crippen molar-refractivity contribution in [3.63, 3.8) is 0 Å². The number of furan rings is 2. The van der Waals surface area contributed by atoms with Crippen molar-refractivity contribution in [2.24, 2.45) is 0 Å². The normalized spacial score (nSPS) is 13.2. The predicted molar refractivity (Wildman–Crippen MR) is 252 cm³/mol. The Balaban J connectivity index is 1.05. The van der Waals surface area contributed by atoms with E-state index in [9.17, 15) is 0 Å². The number of rotatable bonds is 4. The summed E-state index contributed by atoms with van der Waals surface area (Å²) in [6.45, 7) is 0. The first-order chi connectivity index (χ1) is 31.3. The summed E-state index contributed by atoms with van der Waals surface area (Å²) in [7, 11) is 0. The maximum Gasteiger partial charge on any atom is 0.164 e. The molecule has 0 saturated heterocycles. The molecule has 5 nitrogen and oxygen atoms in total. The predicted octanol–water partition coefficient (Wildman–Crippen LogP) is 14.7. The molecule has 14 rings (SSSR count). The van der Waals surface area contributed by atoms with Crippen molar-refractivity contribution in [3.05, 3.63) is 222 Å². The van der Waals surface area contributed by atoms with Crippen LogP contribution in [-0.2, 0) is 5.41 Å². The lowest BCUT2D eigenvalue weighted by atomic mass is 9.70. The Morgan fingerprint density at radius 3 is 1.43 bits per heavy atom. The van der Waals surface area contributed by atoms with E-state index in [1.807, 2.05) is 54.6 Å². The van der Waals surface area contributed by atoms with Crippen LogP contribution >= 0.6 is 0 Å². The van der Waals surface area contributed by atoms with Gasteiger partial charge in [-0.15, -0.1) is 0 Å². The monoisotopic (exact) mass is 803 g/mol. The number of benzene rings is 9. The average molecular weight is 804 g/mol. The minimum atomic E-state index is -0.492. The number of hydrogen-bond acceptors (Lipinski definition) is 5. The van der Waals surface area contributed by atoms with Crippen LogP contribution in [0.5, 0.6) is 0 Å². The molecule has 0 atom stereocenters. The molecule has 0 amide bonds. The highest BCUT2D eigenvalue weighted by Crippen LogP contribution is 2.64. The highest BCUT2D eigenvalue weighted by molar-refractivity contribution is 6.22. The van der Waals surface area contributed by atoms with Gasteiger partial charge in [-0.1, -0.05) is 176 Å². The molecule has 1 spiro atoms. The van der Waals surface area contributed by atoms with E-state index in [1.165, 1.54) is 38.9 Å². The van der Waals surface area contributed by atoms with Gasteiger partial charge in [0, 0.05) is 38.2 Å². The summed E-state index contributed by atoms with van der Waals surface area (Å²) in [5.41, 5.74) is 17.6. The molecule has 0 radical (unpaired) electrons. The molecular weight excluding hydrogens is 771 g/mol. The van der Waals surface area contributed by atoms with E-state index in [0.29, 0.717) is 17.5 Å². The quantitative estimate of drug-likeness (QED) is 0.177. The van der Waals surface area contributed by atoms with Crippen molar-refractivity contribution in [1.82, 2.24) is 15.0 Å². The molecular formula is C58H33N3O2. The number of fused-ring (bicyclic) bond motifs is 16. The lowest BCUT2D eigenvalue weighted by Gasteiger charge is -2.30. The molecule has 12 aromatic rings. The van der Waals surface area contributed by atoms with E-state index in [2.05, 4.69) is 146 Å². The Morgan fingerprint density at radius 2 is 0.714 bits per heavy atom. The summed E-state index contributed by atoms with van der Waals surface area (Å²) < 4.78 is 13.1. The van der Waals surface area contributed by atoms with Crippen LogP contribution in [0.3, 0.4) is 0 Å². The number of nitrogens with zero attached hydrogens (tertiary/aromatic N) is 3. The van der Waals surface area contributed by atoms with Gasteiger partial charge in [0.1, 0.15) is 22.3 Å². The Hall–Kier alpha value is -8.41. The summed E-state index contributed by atoms with van der Waals surface area (Å²) in [4.78, 5) is 16.2. The van der Waals surface area contributed by atoms with E-state index >= 15 is 0 Å². The van der Waals surface area contributed by atoms with Gasteiger partial charge in [0.15, 0.2) is 17.5 Å². The molecule has 63 heavy (non-hydrogen) atoms. The lowest BCUT2D eigenvalue weighted by molar-refractivity contribution is 0.668. The third kappa shape index (κ3) is 4.63. The summed E-state index contributed by atoms with van der Waals surface area (Å²) in [5, 5.41) is 4.10. The second-order valence-electron chi connectivity index (χ2n) is 16.5. The fraction of sp³-hybridized carbons (Fsp3) is 0.0172. The largest absolute Gasteiger partial charge is 0.456 e. The first kappa shape index (κ1) is 34.3. The standard InChI is InChI=1S/C58H33N3O2/c1-2-16-34(17-3-1)55-59-56(41-24-12-29-46-51(41)39-20-6-10-28-45(39)58(46)43-26-8-4-18-35(43)36-19-5-9-27-44(36)58)61-57(60-55)42-25-15-33-50-54(42)53-38(23-14-32-49(53)63-50)37-22-13-31-48-52(37)40-21-7-11-30-47(40)62-48/h1-33H. The van der Waals surface area contributed by atoms with E-state index in [-0.39, 0.29) is 0 Å². The van der Waals surface area contributed by atoms with Gasteiger partial charge in [-0.2, -0.15) is 0 Å². The zero-order chi connectivity index (χ0) is 41.2. The van der Waals surface area contributed by atoms with Gasteiger partial charge in [0.25, 0.3) is 0 Å². The van der Waals surface area contributed by atoms with Crippen molar-refractivity contribution in [1.29, 1.82) is 0 Å². The van der Waals surface area contributed by atoms with Gasteiger partial charge >= 0.3 is 0 Å². The molecule has 0 aliphatic heterocycles.